The van der Waals surface area contributed by atoms with Gasteiger partial charge in [-0.05, 0) is 36.2 Å². The van der Waals surface area contributed by atoms with E-state index in [1.807, 2.05) is 31.2 Å². The molecule has 29 heavy (non-hydrogen) atoms. The Morgan fingerprint density at radius 1 is 1.17 bits per heavy atom. The summed E-state index contributed by atoms with van der Waals surface area (Å²) in [5.41, 5.74) is 2.00. The molecule has 1 heterocycles. The number of aryl methyl sites for hydroxylation is 1. The van der Waals surface area contributed by atoms with E-state index in [1.165, 1.54) is 11.7 Å². The van der Waals surface area contributed by atoms with E-state index in [-0.39, 0.29) is 28.9 Å². The molecule has 3 rings (SSSR count). The number of benzene rings is 2. The fourth-order valence-corrected chi connectivity index (χ4v) is 3.59. The molecule has 0 fully saturated rings. The van der Waals surface area contributed by atoms with Crippen LogP contribution in [0.3, 0.4) is 0 Å². The van der Waals surface area contributed by atoms with E-state index in [9.17, 15) is 14.4 Å². The molecule has 0 atom stereocenters. The molecule has 0 bridgehead atoms. The standard InChI is InChI=1S/C21H21N3O4S/c1-3-14-7-6-8-15(11-14)22-18(25)13-29-21-23-17-10-5-4-9-16(17)20(27)24(21)12-19(26)28-2/h4-11H,3,12-13H2,1-2H3,(H,22,25). The molecule has 1 amide bonds. The lowest BCUT2D eigenvalue weighted by Crippen LogP contribution is -2.28. The molecule has 0 aliphatic rings. The van der Waals surface area contributed by atoms with Gasteiger partial charge in [-0.15, -0.1) is 0 Å². The maximum Gasteiger partial charge on any atom is 0.325 e. The van der Waals surface area contributed by atoms with Gasteiger partial charge >= 0.3 is 5.97 Å². The lowest BCUT2D eigenvalue weighted by atomic mass is 10.1. The molecule has 0 aliphatic heterocycles. The number of fused-ring (bicyclic) bond motifs is 1. The van der Waals surface area contributed by atoms with Gasteiger partial charge in [0.25, 0.3) is 5.56 Å². The Labute approximate surface area is 172 Å². The second-order valence-corrected chi connectivity index (χ2v) is 7.21. The lowest BCUT2D eigenvalue weighted by molar-refractivity contribution is -0.141. The quantitative estimate of drug-likeness (QED) is 0.365. The number of ether oxygens (including phenoxy) is 1. The maximum atomic E-state index is 12.8. The van der Waals surface area contributed by atoms with Crippen LogP contribution in [0.1, 0.15) is 12.5 Å². The number of hydrogen-bond acceptors (Lipinski definition) is 6. The Balaban J connectivity index is 1.82. The number of nitrogens with one attached hydrogen (secondary N) is 1. The summed E-state index contributed by atoms with van der Waals surface area (Å²) in [5, 5.41) is 3.54. The summed E-state index contributed by atoms with van der Waals surface area (Å²) in [6.07, 6.45) is 0.874. The van der Waals surface area contributed by atoms with Crippen molar-refractivity contribution in [2.45, 2.75) is 25.0 Å². The monoisotopic (exact) mass is 411 g/mol. The highest BCUT2D eigenvalue weighted by molar-refractivity contribution is 7.99. The van der Waals surface area contributed by atoms with E-state index < -0.39 is 5.97 Å². The van der Waals surface area contributed by atoms with E-state index in [1.54, 1.807) is 24.3 Å². The summed E-state index contributed by atoms with van der Waals surface area (Å²) < 4.78 is 5.93. The van der Waals surface area contributed by atoms with Gasteiger partial charge in [-0.1, -0.05) is 43.0 Å². The number of esters is 1. The van der Waals surface area contributed by atoms with Crippen LogP contribution in [0.4, 0.5) is 5.69 Å². The first-order valence-corrected chi connectivity index (χ1v) is 10.1. The molecule has 1 N–H and O–H groups in total. The van der Waals surface area contributed by atoms with Crippen molar-refractivity contribution in [3.05, 3.63) is 64.4 Å². The number of hydrogen-bond donors (Lipinski definition) is 1. The van der Waals surface area contributed by atoms with Gasteiger partial charge in [-0.25, -0.2) is 4.98 Å². The molecule has 7 nitrogen and oxygen atoms in total. The molecule has 0 saturated heterocycles. The number of amides is 1. The van der Waals surface area contributed by atoms with Gasteiger partial charge < -0.3 is 10.1 Å². The Hall–Kier alpha value is -3.13. The summed E-state index contributed by atoms with van der Waals surface area (Å²) >= 11 is 1.10. The molecule has 0 radical (unpaired) electrons. The molecule has 150 valence electrons. The first-order chi connectivity index (χ1) is 14.0. The zero-order valence-electron chi connectivity index (χ0n) is 16.2. The summed E-state index contributed by atoms with van der Waals surface area (Å²) in [4.78, 5) is 41.4. The molecular formula is C21H21N3O4S. The molecule has 3 aromatic rings. The first kappa shape index (κ1) is 20.6. The zero-order valence-corrected chi connectivity index (χ0v) is 17.0. The number of para-hydroxylation sites is 1. The predicted molar refractivity (Wildman–Crippen MR) is 113 cm³/mol. The Kier molecular flexibility index (Phi) is 6.66. The number of thioether (sulfide) groups is 1. The molecular weight excluding hydrogens is 390 g/mol. The van der Waals surface area contributed by atoms with E-state index in [4.69, 9.17) is 0 Å². The van der Waals surface area contributed by atoms with Crippen LogP contribution in [-0.4, -0.2) is 34.3 Å². The number of aromatic nitrogens is 2. The minimum Gasteiger partial charge on any atom is -0.468 e. The van der Waals surface area contributed by atoms with Crippen molar-refractivity contribution < 1.29 is 14.3 Å². The van der Waals surface area contributed by atoms with Gasteiger partial charge in [0.1, 0.15) is 6.54 Å². The van der Waals surface area contributed by atoms with Gasteiger partial charge in [-0.3, -0.25) is 19.0 Å². The summed E-state index contributed by atoms with van der Waals surface area (Å²) in [5.74, 6) is -0.746. The van der Waals surface area contributed by atoms with Crippen LogP contribution in [0, 0.1) is 0 Å². The lowest BCUT2D eigenvalue weighted by Gasteiger charge is -2.12. The third-order valence-electron chi connectivity index (χ3n) is 4.29. The highest BCUT2D eigenvalue weighted by atomic mass is 32.2. The van der Waals surface area contributed by atoms with E-state index in [2.05, 4.69) is 15.0 Å². The summed E-state index contributed by atoms with van der Waals surface area (Å²) in [7, 11) is 1.26. The van der Waals surface area contributed by atoms with Crippen LogP contribution in [0.5, 0.6) is 0 Å². The number of carbonyl (C=O) groups is 2. The second-order valence-electron chi connectivity index (χ2n) is 6.27. The average molecular weight is 411 g/mol. The molecule has 2 aromatic carbocycles. The fourth-order valence-electron chi connectivity index (χ4n) is 2.79. The van der Waals surface area contributed by atoms with Crippen molar-refractivity contribution in [2.24, 2.45) is 0 Å². The number of methoxy groups -OCH3 is 1. The van der Waals surface area contributed by atoms with Crippen molar-refractivity contribution >= 4 is 40.2 Å². The van der Waals surface area contributed by atoms with Gasteiger partial charge in [-0.2, -0.15) is 0 Å². The maximum absolute atomic E-state index is 12.8. The molecule has 0 spiro atoms. The molecule has 0 aliphatic carbocycles. The van der Waals surface area contributed by atoms with Gasteiger partial charge in [0.05, 0.1) is 23.8 Å². The van der Waals surface area contributed by atoms with E-state index in [0.29, 0.717) is 16.6 Å². The minimum atomic E-state index is -0.563. The first-order valence-electron chi connectivity index (χ1n) is 9.09. The van der Waals surface area contributed by atoms with Crippen molar-refractivity contribution in [3.63, 3.8) is 0 Å². The van der Waals surface area contributed by atoms with Crippen molar-refractivity contribution in [1.29, 1.82) is 0 Å². The fraction of sp³-hybridized carbons (Fsp3) is 0.238. The van der Waals surface area contributed by atoms with Crippen molar-refractivity contribution in [2.75, 3.05) is 18.2 Å². The summed E-state index contributed by atoms with van der Waals surface area (Å²) in [6.45, 7) is 1.78. The van der Waals surface area contributed by atoms with Crippen LogP contribution >= 0.6 is 11.8 Å². The molecule has 0 saturated carbocycles. The van der Waals surface area contributed by atoms with Crippen molar-refractivity contribution in [3.8, 4) is 0 Å². The van der Waals surface area contributed by atoms with Gasteiger partial charge in [0, 0.05) is 5.69 Å². The average Bonchev–Trinajstić information content (AvgIpc) is 2.74. The van der Waals surface area contributed by atoms with E-state index >= 15 is 0 Å². The number of anilines is 1. The van der Waals surface area contributed by atoms with Gasteiger partial charge in [0.15, 0.2) is 5.16 Å². The van der Waals surface area contributed by atoms with E-state index in [0.717, 1.165) is 23.7 Å². The topological polar surface area (TPSA) is 90.3 Å². The van der Waals surface area contributed by atoms with Crippen LogP contribution < -0.4 is 10.9 Å². The third kappa shape index (κ3) is 5.03. The van der Waals surface area contributed by atoms with Crippen LogP contribution in [-0.2, 0) is 27.3 Å². The van der Waals surface area contributed by atoms with Gasteiger partial charge in [0.2, 0.25) is 5.91 Å². The largest absolute Gasteiger partial charge is 0.468 e. The van der Waals surface area contributed by atoms with Crippen LogP contribution in [0.25, 0.3) is 10.9 Å². The van der Waals surface area contributed by atoms with Crippen molar-refractivity contribution in [1.82, 2.24) is 9.55 Å². The number of rotatable bonds is 7. The molecule has 1 aromatic heterocycles. The predicted octanol–water partition coefficient (Wildman–Crippen LogP) is 2.86. The Morgan fingerprint density at radius 3 is 2.72 bits per heavy atom. The Bertz CT molecular complexity index is 1110. The SMILES string of the molecule is CCc1cccc(NC(=O)CSc2nc3ccccc3c(=O)n2CC(=O)OC)c1. The smallest absolute Gasteiger partial charge is 0.325 e. The molecule has 8 heteroatoms. The number of carbonyl (C=O) groups excluding carboxylic acids is 2. The highest BCUT2D eigenvalue weighted by Gasteiger charge is 2.16. The second kappa shape index (κ2) is 9.38. The van der Waals surface area contributed by atoms with Crippen LogP contribution in [0.2, 0.25) is 0 Å². The number of nitrogens with zero attached hydrogens (tertiary/aromatic N) is 2. The summed E-state index contributed by atoms with van der Waals surface area (Å²) in [6, 6.07) is 14.5. The third-order valence-corrected chi connectivity index (χ3v) is 5.27. The zero-order chi connectivity index (χ0) is 20.8. The highest BCUT2D eigenvalue weighted by Crippen LogP contribution is 2.19. The Morgan fingerprint density at radius 2 is 1.97 bits per heavy atom. The minimum absolute atomic E-state index is 0.0440. The molecule has 0 unspecified atom stereocenters. The van der Waals surface area contributed by atoms with Crippen LogP contribution in [0.15, 0.2) is 58.5 Å². The normalized spacial score (nSPS) is 10.7.